The SMILES string of the molecule is CCOC(=O)C1CCC(OC(C(=O)OC(C)(C)C)(N2CCCC2)N2CCN(CCOC)CC2)CC1. The number of methoxy groups -OCH3 is 1. The number of rotatable bonds is 10. The molecule has 0 aromatic rings. The van der Waals surface area contributed by atoms with Crippen LogP contribution in [-0.4, -0.2) is 110 Å². The molecule has 1 atom stereocenters. The number of hydrogen-bond donors (Lipinski definition) is 0. The first-order chi connectivity index (χ1) is 16.7. The Balaban J connectivity index is 1.81. The van der Waals surface area contributed by atoms with Gasteiger partial charge in [-0.1, -0.05) is 0 Å². The zero-order valence-electron chi connectivity index (χ0n) is 22.6. The Kier molecular flexibility index (Phi) is 10.4. The van der Waals surface area contributed by atoms with Gasteiger partial charge in [-0.05, 0) is 66.2 Å². The van der Waals surface area contributed by atoms with E-state index in [1.54, 1.807) is 7.11 Å². The van der Waals surface area contributed by atoms with E-state index < -0.39 is 11.4 Å². The van der Waals surface area contributed by atoms with E-state index in [0.717, 1.165) is 84.3 Å². The Morgan fingerprint density at radius 3 is 2.03 bits per heavy atom. The highest BCUT2D eigenvalue weighted by molar-refractivity contribution is 5.79. The van der Waals surface area contributed by atoms with Crippen molar-refractivity contribution >= 4 is 11.9 Å². The Morgan fingerprint density at radius 1 is 0.886 bits per heavy atom. The minimum absolute atomic E-state index is 0.0816. The van der Waals surface area contributed by atoms with E-state index in [0.29, 0.717) is 13.2 Å². The van der Waals surface area contributed by atoms with E-state index in [1.807, 2.05) is 27.7 Å². The van der Waals surface area contributed by atoms with Crippen molar-refractivity contribution in [2.45, 2.75) is 83.8 Å². The summed E-state index contributed by atoms with van der Waals surface area (Å²) in [6.45, 7) is 14.3. The van der Waals surface area contributed by atoms with Crippen molar-refractivity contribution in [2.75, 3.05) is 66.1 Å². The first-order valence-corrected chi connectivity index (χ1v) is 13.5. The number of piperazine rings is 1. The van der Waals surface area contributed by atoms with Gasteiger partial charge in [0.25, 0.3) is 5.85 Å². The molecule has 0 N–H and O–H groups in total. The van der Waals surface area contributed by atoms with E-state index in [-0.39, 0.29) is 24.0 Å². The quantitative estimate of drug-likeness (QED) is 0.423. The lowest BCUT2D eigenvalue weighted by molar-refractivity contribution is -0.281. The zero-order chi connectivity index (χ0) is 25.5. The van der Waals surface area contributed by atoms with E-state index in [1.165, 1.54) is 0 Å². The van der Waals surface area contributed by atoms with Gasteiger partial charge >= 0.3 is 11.9 Å². The average molecular weight is 498 g/mol. The van der Waals surface area contributed by atoms with Gasteiger partial charge in [-0.15, -0.1) is 0 Å². The Hall–Kier alpha value is -1.26. The van der Waals surface area contributed by atoms with Crippen molar-refractivity contribution in [3.05, 3.63) is 0 Å². The fourth-order valence-electron chi connectivity index (χ4n) is 5.42. The fourth-order valence-corrected chi connectivity index (χ4v) is 5.42. The predicted molar refractivity (Wildman–Crippen MR) is 133 cm³/mol. The molecule has 0 radical (unpaired) electrons. The van der Waals surface area contributed by atoms with Gasteiger partial charge in [0, 0.05) is 52.9 Å². The van der Waals surface area contributed by atoms with Crippen LogP contribution in [0.5, 0.6) is 0 Å². The molecule has 9 heteroatoms. The first-order valence-electron chi connectivity index (χ1n) is 13.5. The van der Waals surface area contributed by atoms with Crippen LogP contribution in [0.25, 0.3) is 0 Å². The van der Waals surface area contributed by atoms with Gasteiger partial charge in [0.2, 0.25) is 0 Å². The van der Waals surface area contributed by atoms with Gasteiger partial charge in [0.05, 0.1) is 25.2 Å². The lowest BCUT2D eigenvalue weighted by Gasteiger charge is -2.51. The number of carbonyl (C=O) groups excluding carboxylic acids is 2. The van der Waals surface area contributed by atoms with Gasteiger partial charge in [-0.25, -0.2) is 4.79 Å². The molecule has 2 heterocycles. The molecule has 0 spiro atoms. The third-order valence-corrected chi connectivity index (χ3v) is 7.24. The lowest BCUT2D eigenvalue weighted by Crippen LogP contribution is -2.71. The summed E-state index contributed by atoms with van der Waals surface area (Å²) in [5.41, 5.74) is -0.618. The number of carbonyl (C=O) groups is 2. The van der Waals surface area contributed by atoms with Crippen LogP contribution < -0.4 is 0 Å². The molecule has 9 nitrogen and oxygen atoms in total. The van der Waals surface area contributed by atoms with Crippen LogP contribution in [0, 0.1) is 5.92 Å². The maximum Gasteiger partial charge on any atom is 0.371 e. The summed E-state index contributed by atoms with van der Waals surface area (Å²) in [5, 5.41) is 0. The Labute approximate surface area is 211 Å². The molecule has 2 aliphatic heterocycles. The van der Waals surface area contributed by atoms with E-state index in [9.17, 15) is 9.59 Å². The highest BCUT2D eigenvalue weighted by atomic mass is 16.6. The Morgan fingerprint density at radius 2 is 1.49 bits per heavy atom. The average Bonchev–Trinajstić information content (AvgIpc) is 3.36. The summed E-state index contributed by atoms with van der Waals surface area (Å²) in [6, 6.07) is 0. The normalized spacial score (nSPS) is 26.9. The largest absolute Gasteiger partial charge is 0.466 e. The molecule has 0 aromatic heterocycles. The maximum absolute atomic E-state index is 14.0. The molecule has 1 aliphatic carbocycles. The molecular weight excluding hydrogens is 450 g/mol. The van der Waals surface area contributed by atoms with E-state index in [4.69, 9.17) is 18.9 Å². The van der Waals surface area contributed by atoms with E-state index in [2.05, 4.69) is 14.7 Å². The van der Waals surface area contributed by atoms with Gasteiger partial charge in [0.1, 0.15) is 5.60 Å². The monoisotopic (exact) mass is 497 g/mol. The molecular formula is C26H47N3O6. The maximum atomic E-state index is 14.0. The van der Waals surface area contributed by atoms with Crippen molar-refractivity contribution in [1.82, 2.24) is 14.7 Å². The summed E-state index contributed by atoms with van der Waals surface area (Å²) in [7, 11) is 1.72. The molecule has 35 heavy (non-hydrogen) atoms. The molecule has 3 fully saturated rings. The number of hydrogen-bond acceptors (Lipinski definition) is 9. The molecule has 3 aliphatic rings. The second kappa shape index (κ2) is 12.8. The second-order valence-corrected chi connectivity index (χ2v) is 11.0. The van der Waals surface area contributed by atoms with Crippen LogP contribution in [0.15, 0.2) is 0 Å². The third-order valence-electron chi connectivity index (χ3n) is 7.24. The number of nitrogens with zero attached hydrogens (tertiary/aromatic N) is 3. The molecule has 1 saturated carbocycles. The van der Waals surface area contributed by atoms with Crippen molar-refractivity contribution in [3.8, 4) is 0 Å². The number of esters is 2. The van der Waals surface area contributed by atoms with Crippen LogP contribution in [0.3, 0.4) is 0 Å². The highest BCUT2D eigenvalue weighted by Gasteiger charge is 2.55. The fraction of sp³-hybridized carbons (Fsp3) is 0.923. The van der Waals surface area contributed by atoms with Gasteiger partial charge in [0.15, 0.2) is 0 Å². The molecule has 3 rings (SSSR count). The summed E-state index contributed by atoms with van der Waals surface area (Å²) < 4.78 is 23.4. The summed E-state index contributed by atoms with van der Waals surface area (Å²) >= 11 is 0. The van der Waals surface area contributed by atoms with Gasteiger partial charge in [-0.3, -0.25) is 19.5 Å². The van der Waals surface area contributed by atoms with Crippen LogP contribution in [0.4, 0.5) is 0 Å². The van der Waals surface area contributed by atoms with Crippen molar-refractivity contribution in [1.29, 1.82) is 0 Å². The molecule has 202 valence electrons. The van der Waals surface area contributed by atoms with E-state index >= 15 is 0 Å². The molecule has 0 bridgehead atoms. The van der Waals surface area contributed by atoms with Crippen LogP contribution in [-0.2, 0) is 28.5 Å². The third kappa shape index (κ3) is 7.38. The van der Waals surface area contributed by atoms with Gasteiger partial charge in [-0.2, -0.15) is 0 Å². The minimum atomic E-state index is -1.24. The second-order valence-electron chi connectivity index (χ2n) is 11.0. The molecule has 0 aromatic carbocycles. The smallest absolute Gasteiger partial charge is 0.371 e. The number of ether oxygens (including phenoxy) is 4. The lowest BCUT2D eigenvalue weighted by atomic mass is 9.87. The highest BCUT2D eigenvalue weighted by Crippen LogP contribution is 2.36. The first kappa shape index (κ1) is 28.3. The van der Waals surface area contributed by atoms with Crippen molar-refractivity contribution in [2.24, 2.45) is 5.92 Å². The summed E-state index contributed by atoms with van der Waals surface area (Å²) in [6.07, 6.45) is 4.87. The zero-order valence-corrected chi connectivity index (χ0v) is 22.6. The van der Waals surface area contributed by atoms with Crippen molar-refractivity contribution < 1.29 is 28.5 Å². The van der Waals surface area contributed by atoms with Crippen molar-refractivity contribution in [3.63, 3.8) is 0 Å². The predicted octanol–water partition coefficient (Wildman–Crippen LogP) is 2.48. The van der Waals surface area contributed by atoms with Crippen LogP contribution in [0.1, 0.15) is 66.2 Å². The number of likely N-dealkylation sites (tertiary alicyclic amines) is 1. The summed E-state index contributed by atoms with van der Waals surface area (Å²) in [4.78, 5) is 33.0. The molecule has 2 saturated heterocycles. The Bertz CT molecular complexity index is 677. The molecule has 1 unspecified atom stereocenters. The van der Waals surface area contributed by atoms with Crippen LogP contribution in [0.2, 0.25) is 0 Å². The topological polar surface area (TPSA) is 80.8 Å². The van der Waals surface area contributed by atoms with Gasteiger partial charge < -0.3 is 18.9 Å². The summed E-state index contributed by atoms with van der Waals surface area (Å²) in [5.74, 6) is -1.75. The van der Waals surface area contributed by atoms with Crippen LogP contribution >= 0.6 is 0 Å². The standard InChI is InChI=1S/C26H47N3O6/c1-6-33-23(30)21-9-11-22(12-10-21)34-26(28-13-7-8-14-28,24(31)35-25(2,3)4)29-17-15-27(16-18-29)19-20-32-5/h21-22H,6-20H2,1-5H3. The minimum Gasteiger partial charge on any atom is -0.466 e. The molecule has 0 amide bonds.